The standard InChI is InChI=1S/C22H32N4O/c1-16(2)25-11-8-17(9-12-25)14-24-22(27)26(20-4-5-20)15-18-3-6-21-19(13-18)7-10-23-21/h3,6-7,10,13,16-17,20,23H,4-5,8-9,11-12,14-15H2,1-2H3,(H,24,27). The van der Waals surface area contributed by atoms with Crippen LogP contribution in [0.4, 0.5) is 4.79 Å². The molecule has 0 bridgehead atoms. The van der Waals surface area contributed by atoms with Crippen molar-refractivity contribution in [3.05, 3.63) is 36.0 Å². The molecule has 1 saturated heterocycles. The number of amides is 2. The van der Waals surface area contributed by atoms with E-state index in [9.17, 15) is 4.79 Å². The van der Waals surface area contributed by atoms with Gasteiger partial charge in [-0.1, -0.05) is 6.07 Å². The number of carbonyl (C=O) groups is 1. The summed E-state index contributed by atoms with van der Waals surface area (Å²) in [6, 6.07) is 9.66. The van der Waals surface area contributed by atoms with Gasteiger partial charge in [0.2, 0.25) is 0 Å². The van der Waals surface area contributed by atoms with Gasteiger partial charge in [0, 0.05) is 36.9 Å². The first-order valence-electron chi connectivity index (χ1n) is 10.4. The number of hydrogen-bond donors (Lipinski definition) is 2. The quantitative estimate of drug-likeness (QED) is 0.811. The zero-order valence-electron chi connectivity index (χ0n) is 16.6. The maximum atomic E-state index is 12.9. The van der Waals surface area contributed by atoms with E-state index in [1.54, 1.807) is 0 Å². The van der Waals surface area contributed by atoms with Gasteiger partial charge < -0.3 is 20.1 Å². The highest BCUT2D eigenvalue weighted by atomic mass is 16.2. The van der Waals surface area contributed by atoms with Gasteiger partial charge in [0.25, 0.3) is 0 Å². The average molecular weight is 369 g/mol. The van der Waals surface area contributed by atoms with Crippen molar-refractivity contribution in [1.29, 1.82) is 0 Å². The lowest BCUT2D eigenvalue weighted by atomic mass is 9.96. The molecule has 0 atom stereocenters. The number of rotatable bonds is 6. The Morgan fingerprint density at radius 3 is 2.70 bits per heavy atom. The van der Waals surface area contributed by atoms with Crippen LogP contribution in [0.15, 0.2) is 30.5 Å². The van der Waals surface area contributed by atoms with Crippen molar-refractivity contribution < 1.29 is 4.79 Å². The average Bonchev–Trinajstić information content (AvgIpc) is 3.41. The molecule has 2 heterocycles. The van der Waals surface area contributed by atoms with Crippen LogP contribution in [0.1, 0.15) is 45.1 Å². The fraction of sp³-hybridized carbons (Fsp3) is 0.591. The van der Waals surface area contributed by atoms with Gasteiger partial charge in [0.15, 0.2) is 0 Å². The summed E-state index contributed by atoms with van der Waals surface area (Å²) in [4.78, 5) is 20.7. The fourth-order valence-electron chi connectivity index (χ4n) is 4.16. The molecule has 0 unspecified atom stereocenters. The lowest BCUT2D eigenvalue weighted by Crippen LogP contribution is -2.45. The Bertz CT molecular complexity index is 771. The van der Waals surface area contributed by atoms with Crippen molar-refractivity contribution in [3.63, 3.8) is 0 Å². The number of nitrogens with zero attached hydrogens (tertiary/aromatic N) is 2. The molecule has 5 heteroatoms. The second kappa shape index (κ2) is 7.93. The van der Waals surface area contributed by atoms with Crippen LogP contribution in [0.25, 0.3) is 10.9 Å². The Balaban J connectivity index is 1.31. The molecule has 2 aromatic rings. The first kappa shape index (κ1) is 18.4. The molecule has 1 saturated carbocycles. The molecule has 146 valence electrons. The molecule has 4 rings (SSSR count). The number of piperidine rings is 1. The smallest absolute Gasteiger partial charge is 0.317 e. The minimum Gasteiger partial charge on any atom is -0.361 e. The predicted octanol–water partition coefficient (Wildman–Crippen LogP) is 3.96. The van der Waals surface area contributed by atoms with Gasteiger partial charge >= 0.3 is 6.03 Å². The highest BCUT2D eigenvalue weighted by molar-refractivity contribution is 5.80. The van der Waals surface area contributed by atoms with E-state index in [4.69, 9.17) is 0 Å². The number of nitrogens with one attached hydrogen (secondary N) is 2. The van der Waals surface area contributed by atoms with Gasteiger partial charge in [0.1, 0.15) is 0 Å². The summed E-state index contributed by atoms with van der Waals surface area (Å²) in [5.41, 5.74) is 2.35. The minimum absolute atomic E-state index is 0.109. The molecule has 2 aliphatic rings. The molecule has 1 aliphatic heterocycles. The minimum atomic E-state index is 0.109. The number of hydrogen-bond acceptors (Lipinski definition) is 2. The van der Waals surface area contributed by atoms with Crippen LogP contribution in [0.3, 0.4) is 0 Å². The summed E-state index contributed by atoms with van der Waals surface area (Å²) in [6.07, 6.45) is 6.60. The number of aromatic amines is 1. The van der Waals surface area contributed by atoms with E-state index >= 15 is 0 Å². The van der Waals surface area contributed by atoms with Crippen LogP contribution in [-0.4, -0.2) is 52.5 Å². The van der Waals surface area contributed by atoms with Crippen LogP contribution in [0.2, 0.25) is 0 Å². The summed E-state index contributed by atoms with van der Waals surface area (Å²) in [7, 11) is 0. The molecular formula is C22H32N4O. The van der Waals surface area contributed by atoms with Gasteiger partial charge in [-0.2, -0.15) is 0 Å². The molecule has 1 aromatic heterocycles. The third-order valence-corrected chi connectivity index (χ3v) is 6.14. The largest absolute Gasteiger partial charge is 0.361 e. The maximum Gasteiger partial charge on any atom is 0.317 e. The van der Waals surface area contributed by atoms with Gasteiger partial charge in [0.05, 0.1) is 0 Å². The van der Waals surface area contributed by atoms with E-state index in [2.05, 4.69) is 53.3 Å². The number of aromatic nitrogens is 1. The Hall–Kier alpha value is -2.01. The molecule has 1 aromatic carbocycles. The number of likely N-dealkylation sites (tertiary alicyclic amines) is 1. The van der Waals surface area contributed by atoms with Crippen molar-refractivity contribution in [3.8, 4) is 0 Å². The SMILES string of the molecule is CC(C)N1CCC(CNC(=O)N(Cc2ccc3[nH]ccc3c2)C2CC2)CC1. The van der Waals surface area contributed by atoms with Crippen molar-refractivity contribution in [1.82, 2.24) is 20.1 Å². The second-order valence-corrected chi connectivity index (χ2v) is 8.52. The molecule has 0 spiro atoms. The maximum absolute atomic E-state index is 12.9. The van der Waals surface area contributed by atoms with Crippen molar-refractivity contribution in [2.24, 2.45) is 5.92 Å². The molecule has 2 fully saturated rings. The zero-order valence-corrected chi connectivity index (χ0v) is 16.6. The van der Waals surface area contributed by atoms with Crippen LogP contribution >= 0.6 is 0 Å². The molecule has 0 radical (unpaired) electrons. The first-order valence-corrected chi connectivity index (χ1v) is 10.4. The third kappa shape index (κ3) is 4.46. The molecular weight excluding hydrogens is 336 g/mol. The van der Waals surface area contributed by atoms with E-state index in [-0.39, 0.29) is 6.03 Å². The fourth-order valence-corrected chi connectivity index (χ4v) is 4.16. The highest BCUT2D eigenvalue weighted by Gasteiger charge is 2.33. The topological polar surface area (TPSA) is 51.4 Å². The summed E-state index contributed by atoms with van der Waals surface area (Å²) in [6.45, 7) is 8.34. The van der Waals surface area contributed by atoms with Crippen molar-refractivity contribution >= 4 is 16.9 Å². The Morgan fingerprint density at radius 2 is 2.00 bits per heavy atom. The molecule has 1 aliphatic carbocycles. The second-order valence-electron chi connectivity index (χ2n) is 8.52. The van der Waals surface area contributed by atoms with E-state index in [0.717, 1.165) is 38.0 Å². The number of urea groups is 1. The van der Waals surface area contributed by atoms with Gasteiger partial charge in [-0.25, -0.2) is 4.79 Å². The highest BCUT2D eigenvalue weighted by Crippen LogP contribution is 2.29. The van der Waals surface area contributed by atoms with Crippen LogP contribution in [0, 0.1) is 5.92 Å². The van der Waals surface area contributed by atoms with Gasteiger partial charge in [-0.3, -0.25) is 0 Å². The Morgan fingerprint density at radius 1 is 1.22 bits per heavy atom. The van der Waals surface area contributed by atoms with E-state index in [0.29, 0.717) is 24.5 Å². The number of carbonyl (C=O) groups excluding carboxylic acids is 1. The lowest BCUT2D eigenvalue weighted by molar-refractivity contribution is 0.145. The summed E-state index contributed by atoms with van der Waals surface area (Å²) in [5.74, 6) is 0.612. The van der Waals surface area contributed by atoms with Gasteiger partial charge in [-0.05, 0) is 87.7 Å². The number of benzene rings is 1. The normalized spacial score (nSPS) is 18.9. The van der Waals surface area contributed by atoms with E-state index in [1.165, 1.54) is 23.8 Å². The van der Waals surface area contributed by atoms with Crippen molar-refractivity contribution in [2.45, 2.75) is 58.2 Å². The Labute approximate surface area is 162 Å². The third-order valence-electron chi connectivity index (χ3n) is 6.14. The van der Waals surface area contributed by atoms with E-state index in [1.807, 2.05) is 11.1 Å². The monoisotopic (exact) mass is 368 g/mol. The van der Waals surface area contributed by atoms with Crippen molar-refractivity contribution in [2.75, 3.05) is 19.6 Å². The molecule has 2 N–H and O–H groups in total. The summed E-state index contributed by atoms with van der Waals surface area (Å²) < 4.78 is 0. The first-order chi connectivity index (χ1) is 13.1. The van der Waals surface area contributed by atoms with Crippen LogP contribution in [0.5, 0.6) is 0 Å². The molecule has 5 nitrogen and oxygen atoms in total. The molecule has 2 amide bonds. The lowest BCUT2D eigenvalue weighted by Gasteiger charge is -2.35. The predicted molar refractivity (Wildman–Crippen MR) is 110 cm³/mol. The summed E-state index contributed by atoms with van der Waals surface area (Å²) in [5, 5.41) is 4.44. The van der Waals surface area contributed by atoms with E-state index < -0.39 is 0 Å². The molecule has 27 heavy (non-hydrogen) atoms. The van der Waals surface area contributed by atoms with Crippen LogP contribution < -0.4 is 5.32 Å². The zero-order chi connectivity index (χ0) is 18.8. The Kier molecular flexibility index (Phi) is 5.39. The number of fused-ring (bicyclic) bond motifs is 1. The van der Waals surface area contributed by atoms with Crippen LogP contribution in [-0.2, 0) is 6.54 Å². The van der Waals surface area contributed by atoms with Gasteiger partial charge in [-0.15, -0.1) is 0 Å². The number of H-pyrrole nitrogens is 1. The summed E-state index contributed by atoms with van der Waals surface area (Å²) >= 11 is 0.